The van der Waals surface area contributed by atoms with Crippen LogP contribution in [0.25, 0.3) is 0 Å². The number of hydrogen-bond donors (Lipinski definition) is 2. The van der Waals surface area contributed by atoms with Crippen LogP contribution < -0.4 is 10.6 Å². The van der Waals surface area contributed by atoms with Gasteiger partial charge in [0, 0.05) is 41.7 Å². The van der Waals surface area contributed by atoms with Gasteiger partial charge in [-0.15, -0.1) is 11.3 Å². The van der Waals surface area contributed by atoms with Crippen molar-refractivity contribution >= 4 is 28.8 Å². The van der Waals surface area contributed by atoms with Gasteiger partial charge in [-0.25, -0.2) is 0 Å². The smallest absolute Gasteiger partial charge is 0.251 e. The maximum Gasteiger partial charge on any atom is 0.251 e. The van der Waals surface area contributed by atoms with Crippen LogP contribution in [0.4, 0.5) is 5.69 Å². The Balaban J connectivity index is 1.59. The molecule has 1 saturated heterocycles. The Kier molecular flexibility index (Phi) is 5.38. The lowest BCUT2D eigenvalue weighted by Gasteiger charge is -2.21. The van der Waals surface area contributed by atoms with Crippen molar-refractivity contribution in [3.8, 4) is 0 Å². The standard InChI is InChI=1S/C19H23N3O2S/c1-13(2)22-12-16(10-18(22)23)21-19(24)14-5-3-6-15(9-14)20-11-17-7-4-8-25-17/h3-9,13,16,20H,10-12H2,1-2H3,(H,21,24)/t16-/m1/s1. The maximum atomic E-state index is 12.5. The highest BCUT2D eigenvalue weighted by atomic mass is 32.1. The van der Waals surface area contributed by atoms with Gasteiger partial charge in [0.15, 0.2) is 0 Å². The molecule has 1 aromatic heterocycles. The van der Waals surface area contributed by atoms with Crippen molar-refractivity contribution < 1.29 is 9.59 Å². The number of nitrogens with one attached hydrogen (secondary N) is 2. The van der Waals surface area contributed by atoms with Crippen molar-refractivity contribution in [2.24, 2.45) is 0 Å². The predicted molar refractivity (Wildman–Crippen MR) is 101 cm³/mol. The third kappa shape index (κ3) is 4.39. The first-order chi connectivity index (χ1) is 12.0. The minimum absolute atomic E-state index is 0.103. The summed E-state index contributed by atoms with van der Waals surface area (Å²) in [4.78, 5) is 27.5. The van der Waals surface area contributed by atoms with Gasteiger partial charge in [0.1, 0.15) is 0 Å². The zero-order valence-electron chi connectivity index (χ0n) is 14.5. The molecule has 1 fully saturated rings. The van der Waals surface area contributed by atoms with Crippen LogP contribution >= 0.6 is 11.3 Å². The third-order valence-electron chi connectivity index (χ3n) is 4.29. The maximum absolute atomic E-state index is 12.5. The normalized spacial score (nSPS) is 17.2. The molecule has 2 N–H and O–H groups in total. The second-order valence-corrected chi connectivity index (χ2v) is 7.56. The summed E-state index contributed by atoms with van der Waals surface area (Å²) in [7, 11) is 0. The van der Waals surface area contributed by atoms with E-state index in [1.54, 1.807) is 17.4 Å². The van der Waals surface area contributed by atoms with Crippen molar-refractivity contribution in [2.75, 3.05) is 11.9 Å². The average Bonchev–Trinajstić information content (AvgIpc) is 3.23. The first kappa shape index (κ1) is 17.5. The number of carbonyl (C=O) groups is 2. The molecule has 0 saturated carbocycles. The van der Waals surface area contributed by atoms with E-state index in [9.17, 15) is 9.59 Å². The molecule has 2 aromatic rings. The molecule has 3 rings (SSSR count). The molecular formula is C19H23N3O2S. The van der Waals surface area contributed by atoms with Crippen LogP contribution in [0, 0.1) is 0 Å². The van der Waals surface area contributed by atoms with E-state index in [1.807, 2.05) is 48.4 Å². The fourth-order valence-electron chi connectivity index (χ4n) is 2.97. The van der Waals surface area contributed by atoms with Gasteiger partial charge in [0.2, 0.25) is 5.91 Å². The Morgan fingerprint density at radius 2 is 2.16 bits per heavy atom. The van der Waals surface area contributed by atoms with Gasteiger partial charge in [-0.2, -0.15) is 0 Å². The number of anilines is 1. The van der Waals surface area contributed by atoms with E-state index in [4.69, 9.17) is 0 Å². The van der Waals surface area contributed by atoms with Crippen molar-refractivity contribution in [3.05, 3.63) is 52.2 Å². The van der Waals surface area contributed by atoms with Crippen LogP contribution in [0.15, 0.2) is 41.8 Å². The van der Waals surface area contributed by atoms with Gasteiger partial charge < -0.3 is 15.5 Å². The van der Waals surface area contributed by atoms with Crippen molar-refractivity contribution in [3.63, 3.8) is 0 Å². The zero-order valence-corrected chi connectivity index (χ0v) is 15.3. The highest BCUT2D eigenvalue weighted by Gasteiger charge is 2.32. The van der Waals surface area contributed by atoms with Gasteiger partial charge in [0.25, 0.3) is 5.91 Å². The second-order valence-electron chi connectivity index (χ2n) is 6.53. The van der Waals surface area contributed by atoms with Gasteiger partial charge in [-0.3, -0.25) is 9.59 Å². The summed E-state index contributed by atoms with van der Waals surface area (Å²) in [6.07, 6.45) is 0.375. The molecule has 25 heavy (non-hydrogen) atoms. The molecular weight excluding hydrogens is 334 g/mol. The molecule has 132 valence electrons. The van der Waals surface area contributed by atoms with Crippen molar-refractivity contribution in [1.82, 2.24) is 10.2 Å². The molecule has 1 atom stereocenters. The van der Waals surface area contributed by atoms with Gasteiger partial charge in [-0.1, -0.05) is 12.1 Å². The summed E-state index contributed by atoms with van der Waals surface area (Å²) >= 11 is 1.70. The molecule has 2 heterocycles. The molecule has 6 heteroatoms. The van der Waals surface area contributed by atoms with Crippen LogP contribution in [0.3, 0.4) is 0 Å². The predicted octanol–water partition coefficient (Wildman–Crippen LogP) is 3.10. The highest BCUT2D eigenvalue weighted by molar-refractivity contribution is 7.09. The Bertz CT molecular complexity index is 743. The quantitative estimate of drug-likeness (QED) is 0.835. The van der Waals surface area contributed by atoms with E-state index < -0.39 is 0 Å². The molecule has 2 amide bonds. The number of thiophene rings is 1. The largest absolute Gasteiger partial charge is 0.380 e. The van der Waals surface area contributed by atoms with Crippen molar-refractivity contribution in [2.45, 2.75) is 38.9 Å². The van der Waals surface area contributed by atoms with E-state index in [-0.39, 0.29) is 23.9 Å². The van der Waals surface area contributed by atoms with E-state index in [1.165, 1.54) is 4.88 Å². The average molecular weight is 357 g/mol. The van der Waals surface area contributed by atoms with Gasteiger partial charge >= 0.3 is 0 Å². The lowest BCUT2D eigenvalue weighted by molar-refractivity contribution is -0.129. The minimum Gasteiger partial charge on any atom is -0.380 e. The summed E-state index contributed by atoms with van der Waals surface area (Å²) in [6.45, 7) is 5.30. The lowest BCUT2D eigenvalue weighted by Crippen LogP contribution is -2.38. The van der Waals surface area contributed by atoms with E-state index in [0.717, 1.165) is 12.2 Å². The first-order valence-electron chi connectivity index (χ1n) is 8.49. The summed E-state index contributed by atoms with van der Waals surface area (Å²) < 4.78 is 0. The lowest BCUT2D eigenvalue weighted by atomic mass is 10.1. The molecule has 0 spiro atoms. The van der Waals surface area contributed by atoms with E-state index in [2.05, 4.69) is 16.7 Å². The van der Waals surface area contributed by atoms with Gasteiger partial charge in [-0.05, 0) is 43.5 Å². The Hall–Kier alpha value is -2.34. The van der Waals surface area contributed by atoms with Crippen LogP contribution in [-0.4, -0.2) is 35.3 Å². The number of benzene rings is 1. The van der Waals surface area contributed by atoms with Crippen LogP contribution in [0.2, 0.25) is 0 Å². The number of nitrogens with zero attached hydrogens (tertiary/aromatic N) is 1. The SMILES string of the molecule is CC(C)N1C[C@H](NC(=O)c2cccc(NCc3cccs3)c2)CC1=O. The number of likely N-dealkylation sites (tertiary alicyclic amines) is 1. The topological polar surface area (TPSA) is 61.4 Å². The zero-order chi connectivity index (χ0) is 17.8. The molecule has 1 aromatic carbocycles. The minimum atomic E-state index is -0.136. The van der Waals surface area contributed by atoms with Crippen molar-refractivity contribution in [1.29, 1.82) is 0 Å². The summed E-state index contributed by atoms with van der Waals surface area (Å²) in [5.74, 6) is -0.0326. The Morgan fingerprint density at radius 3 is 2.84 bits per heavy atom. The second kappa shape index (κ2) is 7.70. The fraction of sp³-hybridized carbons (Fsp3) is 0.368. The number of carbonyl (C=O) groups excluding carboxylic acids is 2. The molecule has 1 aliphatic heterocycles. The molecule has 5 nitrogen and oxygen atoms in total. The Morgan fingerprint density at radius 1 is 1.32 bits per heavy atom. The van der Waals surface area contributed by atoms with E-state index in [0.29, 0.717) is 18.5 Å². The molecule has 0 radical (unpaired) electrons. The van der Waals surface area contributed by atoms with E-state index >= 15 is 0 Å². The summed E-state index contributed by atoms with van der Waals surface area (Å²) in [6, 6.07) is 11.6. The summed E-state index contributed by atoms with van der Waals surface area (Å²) in [5.41, 5.74) is 1.51. The third-order valence-corrected chi connectivity index (χ3v) is 5.17. The fourth-order valence-corrected chi connectivity index (χ4v) is 3.61. The Labute approximate surface area is 152 Å². The van der Waals surface area contributed by atoms with Crippen LogP contribution in [-0.2, 0) is 11.3 Å². The number of rotatable bonds is 6. The number of amides is 2. The van der Waals surface area contributed by atoms with Gasteiger partial charge in [0.05, 0.1) is 6.04 Å². The van der Waals surface area contributed by atoms with Crippen LogP contribution in [0.5, 0.6) is 0 Å². The molecule has 1 aliphatic rings. The summed E-state index contributed by atoms with van der Waals surface area (Å²) in [5, 5.41) is 8.36. The molecule has 0 unspecified atom stereocenters. The number of hydrogen-bond acceptors (Lipinski definition) is 4. The monoisotopic (exact) mass is 357 g/mol. The molecule has 0 bridgehead atoms. The molecule has 0 aliphatic carbocycles. The highest BCUT2D eigenvalue weighted by Crippen LogP contribution is 2.17. The van der Waals surface area contributed by atoms with Crippen LogP contribution in [0.1, 0.15) is 35.5 Å². The first-order valence-corrected chi connectivity index (χ1v) is 9.37.